The number of aryl methyl sites for hydroxylation is 1. The maximum atomic E-state index is 12.2. The number of carbonyl (C=O) groups is 2. The Kier molecular flexibility index (Phi) is 5.75. The molecular weight excluding hydrogens is 342 g/mol. The molecule has 1 aromatic heterocycles. The molecule has 1 aromatic carbocycles. The number of aromatic nitrogens is 1. The molecule has 0 saturated heterocycles. The third-order valence-corrected chi connectivity index (χ3v) is 4.76. The smallest absolute Gasteiger partial charge is 0.325 e. The zero-order chi connectivity index (χ0) is 17.3. The minimum absolute atomic E-state index is 0. The van der Waals surface area contributed by atoms with Gasteiger partial charge >= 0.3 is 5.97 Å². The predicted molar refractivity (Wildman–Crippen MR) is 98.7 cm³/mol. The number of H-pyrrole nitrogens is 1. The van der Waals surface area contributed by atoms with Crippen molar-refractivity contribution in [1.82, 2.24) is 10.3 Å². The van der Waals surface area contributed by atoms with Crippen LogP contribution in [0, 0.1) is 12.8 Å². The van der Waals surface area contributed by atoms with Crippen molar-refractivity contribution in [1.29, 1.82) is 0 Å². The first-order chi connectivity index (χ1) is 11.4. The first-order valence-electron chi connectivity index (χ1n) is 8.12. The van der Waals surface area contributed by atoms with E-state index in [0.29, 0.717) is 25.8 Å². The summed E-state index contributed by atoms with van der Waals surface area (Å²) in [7, 11) is 1.34. The van der Waals surface area contributed by atoms with Crippen molar-refractivity contribution in [2.75, 3.05) is 13.7 Å². The summed E-state index contributed by atoms with van der Waals surface area (Å²) in [5.74, 6) is -0.174. The number of nitrogens with two attached hydrogens (primary N) is 1. The van der Waals surface area contributed by atoms with Crippen LogP contribution in [0.15, 0.2) is 24.4 Å². The van der Waals surface area contributed by atoms with Crippen molar-refractivity contribution in [2.24, 2.45) is 11.7 Å². The van der Waals surface area contributed by atoms with Crippen LogP contribution in [0.25, 0.3) is 10.9 Å². The standard InChI is InChI=1S/C18H23N3O3.ClH/c1-11-3-4-15-14(5-11)13(10-20-15)6-16(22)21-9-12-7-18(19,8-12)17(23)24-2;/h3-5,10,12,20H,6-9,19H2,1-2H3,(H,21,22);1H. The Hall–Kier alpha value is -2.05. The molecular formula is C18H24ClN3O3. The second-order valence-electron chi connectivity index (χ2n) is 6.77. The summed E-state index contributed by atoms with van der Waals surface area (Å²) in [6.45, 7) is 2.57. The number of carbonyl (C=O) groups excluding carboxylic acids is 2. The lowest BCUT2D eigenvalue weighted by Crippen LogP contribution is -2.60. The molecule has 7 heteroatoms. The second-order valence-corrected chi connectivity index (χ2v) is 6.77. The molecule has 0 atom stereocenters. The van der Waals surface area contributed by atoms with Crippen LogP contribution in [0.2, 0.25) is 0 Å². The van der Waals surface area contributed by atoms with E-state index < -0.39 is 5.54 Å². The van der Waals surface area contributed by atoms with Crippen LogP contribution in [0.3, 0.4) is 0 Å². The maximum Gasteiger partial charge on any atom is 0.325 e. The van der Waals surface area contributed by atoms with Gasteiger partial charge in [0, 0.05) is 23.6 Å². The number of aromatic amines is 1. The van der Waals surface area contributed by atoms with E-state index in [0.717, 1.165) is 16.5 Å². The molecule has 1 amide bonds. The van der Waals surface area contributed by atoms with Gasteiger partial charge in [0.15, 0.2) is 0 Å². The Labute approximate surface area is 152 Å². The van der Waals surface area contributed by atoms with Gasteiger partial charge in [-0.05, 0) is 43.4 Å². The summed E-state index contributed by atoms with van der Waals surface area (Å²) in [6, 6.07) is 6.15. The van der Waals surface area contributed by atoms with Crippen LogP contribution in [-0.2, 0) is 20.7 Å². The summed E-state index contributed by atoms with van der Waals surface area (Å²) in [4.78, 5) is 26.9. The third kappa shape index (κ3) is 3.96. The first kappa shape index (κ1) is 19.3. The lowest BCUT2D eigenvalue weighted by molar-refractivity contribution is -0.152. The lowest BCUT2D eigenvalue weighted by atomic mass is 9.69. The topological polar surface area (TPSA) is 97.2 Å². The summed E-state index contributed by atoms with van der Waals surface area (Å²) in [6.07, 6.45) is 3.31. The number of halogens is 1. The highest BCUT2D eigenvalue weighted by molar-refractivity contribution is 5.89. The molecule has 0 spiro atoms. The molecule has 6 nitrogen and oxygen atoms in total. The summed E-state index contributed by atoms with van der Waals surface area (Å²) >= 11 is 0. The minimum atomic E-state index is -0.876. The van der Waals surface area contributed by atoms with Gasteiger partial charge in [0.2, 0.25) is 5.91 Å². The molecule has 3 rings (SSSR count). The van der Waals surface area contributed by atoms with Gasteiger partial charge in [-0.2, -0.15) is 0 Å². The Morgan fingerprint density at radius 3 is 2.80 bits per heavy atom. The van der Waals surface area contributed by atoms with Crippen molar-refractivity contribution >= 4 is 35.2 Å². The molecule has 136 valence electrons. The van der Waals surface area contributed by atoms with E-state index >= 15 is 0 Å². The zero-order valence-electron chi connectivity index (χ0n) is 14.4. The molecule has 2 aromatic rings. The molecule has 25 heavy (non-hydrogen) atoms. The molecule has 1 saturated carbocycles. The molecule has 1 heterocycles. The second kappa shape index (κ2) is 7.45. The van der Waals surface area contributed by atoms with Gasteiger partial charge in [0.05, 0.1) is 13.5 Å². The summed E-state index contributed by atoms with van der Waals surface area (Å²) in [5.41, 5.74) is 8.26. The normalized spacial score (nSPS) is 22.0. The van der Waals surface area contributed by atoms with Crippen molar-refractivity contribution in [3.05, 3.63) is 35.5 Å². The Morgan fingerprint density at radius 2 is 2.12 bits per heavy atom. The van der Waals surface area contributed by atoms with Gasteiger partial charge in [-0.3, -0.25) is 9.59 Å². The largest absolute Gasteiger partial charge is 0.468 e. The van der Waals surface area contributed by atoms with Crippen LogP contribution in [0.1, 0.15) is 24.0 Å². The number of esters is 1. The number of hydrogen-bond acceptors (Lipinski definition) is 4. The average Bonchev–Trinajstić information content (AvgIpc) is 2.91. The number of ether oxygens (including phenoxy) is 1. The fourth-order valence-corrected chi connectivity index (χ4v) is 3.42. The number of benzene rings is 1. The molecule has 1 aliphatic carbocycles. The van der Waals surface area contributed by atoms with Gasteiger partial charge in [0.1, 0.15) is 5.54 Å². The van der Waals surface area contributed by atoms with E-state index in [2.05, 4.69) is 16.4 Å². The maximum absolute atomic E-state index is 12.2. The Bertz CT molecular complexity index is 781. The van der Waals surface area contributed by atoms with Gasteiger partial charge < -0.3 is 20.8 Å². The summed E-state index contributed by atoms with van der Waals surface area (Å²) in [5, 5.41) is 4.02. The van der Waals surface area contributed by atoms with Crippen LogP contribution in [0.4, 0.5) is 0 Å². The Morgan fingerprint density at radius 1 is 1.40 bits per heavy atom. The van der Waals surface area contributed by atoms with Crippen molar-refractivity contribution in [2.45, 2.75) is 31.7 Å². The van der Waals surface area contributed by atoms with Crippen molar-refractivity contribution in [3.63, 3.8) is 0 Å². The fourth-order valence-electron chi connectivity index (χ4n) is 3.42. The monoisotopic (exact) mass is 365 g/mol. The number of methoxy groups -OCH3 is 1. The van der Waals surface area contributed by atoms with Gasteiger partial charge in [-0.15, -0.1) is 12.4 Å². The SMILES string of the molecule is COC(=O)C1(N)CC(CNC(=O)Cc2c[nH]c3ccc(C)cc23)C1.Cl. The molecule has 0 aliphatic heterocycles. The van der Waals surface area contributed by atoms with E-state index in [1.165, 1.54) is 12.7 Å². The molecule has 4 N–H and O–H groups in total. The number of fused-ring (bicyclic) bond motifs is 1. The van der Waals surface area contributed by atoms with Crippen molar-refractivity contribution < 1.29 is 14.3 Å². The highest BCUT2D eigenvalue weighted by Crippen LogP contribution is 2.36. The van der Waals surface area contributed by atoms with E-state index in [4.69, 9.17) is 10.5 Å². The Balaban J connectivity index is 0.00000225. The highest BCUT2D eigenvalue weighted by atomic mass is 35.5. The molecule has 1 aliphatic rings. The quantitative estimate of drug-likeness (QED) is 0.704. The number of rotatable bonds is 5. The van der Waals surface area contributed by atoms with E-state index in [1.807, 2.05) is 25.3 Å². The molecule has 0 unspecified atom stereocenters. The van der Waals surface area contributed by atoms with Gasteiger partial charge in [-0.1, -0.05) is 11.6 Å². The fraction of sp³-hybridized carbons (Fsp3) is 0.444. The zero-order valence-corrected chi connectivity index (χ0v) is 15.2. The van der Waals surface area contributed by atoms with Gasteiger partial charge in [-0.25, -0.2) is 0 Å². The predicted octanol–water partition coefficient (Wildman–Crippen LogP) is 1.84. The number of nitrogens with one attached hydrogen (secondary N) is 2. The summed E-state index contributed by atoms with van der Waals surface area (Å²) < 4.78 is 4.70. The van der Waals surface area contributed by atoms with E-state index in [1.54, 1.807) is 0 Å². The van der Waals surface area contributed by atoms with Crippen LogP contribution < -0.4 is 11.1 Å². The molecule has 1 fully saturated rings. The van der Waals surface area contributed by atoms with Crippen LogP contribution >= 0.6 is 12.4 Å². The van der Waals surface area contributed by atoms with Crippen molar-refractivity contribution in [3.8, 4) is 0 Å². The molecule has 0 radical (unpaired) electrons. The third-order valence-electron chi connectivity index (χ3n) is 4.76. The lowest BCUT2D eigenvalue weighted by Gasteiger charge is -2.42. The first-order valence-corrected chi connectivity index (χ1v) is 8.12. The van der Waals surface area contributed by atoms with Crippen LogP contribution in [0.5, 0.6) is 0 Å². The van der Waals surface area contributed by atoms with Gasteiger partial charge in [0.25, 0.3) is 0 Å². The minimum Gasteiger partial charge on any atom is -0.468 e. The van der Waals surface area contributed by atoms with E-state index in [-0.39, 0.29) is 30.2 Å². The number of hydrogen-bond donors (Lipinski definition) is 3. The highest BCUT2D eigenvalue weighted by Gasteiger charge is 2.47. The van der Waals surface area contributed by atoms with Crippen LogP contribution in [-0.4, -0.2) is 36.1 Å². The number of amides is 1. The average molecular weight is 366 g/mol. The van der Waals surface area contributed by atoms with E-state index in [9.17, 15) is 9.59 Å². The molecule has 0 bridgehead atoms.